The summed E-state index contributed by atoms with van der Waals surface area (Å²) in [6.45, 7) is 18.5. The lowest BCUT2D eigenvalue weighted by Crippen LogP contribution is -2.25. The second-order valence-corrected chi connectivity index (χ2v) is 14.9. The van der Waals surface area contributed by atoms with Crippen molar-refractivity contribution in [3.63, 3.8) is 0 Å². The van der Waals surface area contributed by atoms with Crippen LogP contribution in [0.5, 0.6) is 0 Å². The van der Waals surface area contributed by atoms with Crippen molar-refractivity contribution in [2.24, 2.45) is 5.41 Å². The van der Waals surface area contributed by atoms with E-state index in [2.05, 4.69) is 152 Å². The number of fused-ring (bicyclic) bond motifs is 2. The lowest BCUT2D eigenvalue weighted by atomic mass is 9.68. The maximum Gasteiger partial charge on any atom is 0.0129 e. The molecule has 0 aromatic heterocycles. The number of benzene rings is 4. The highest BCUT2D eigenvalue weighted by atomic mass is 14.4. The van der Waals surface area contributed by atoms with Crippen molar-refractivity contribution in [2.75, 3.05) is 0 Å². The van der Waals surface area contributed by atoms with Crippen molar-refractivity contribution >= 4 is 12.2 Å². The zero-order valence-electron chi connectivity index (χ0n) is 27.6. The molecule has 4 aromatic rings. The van der Waals surface area contributed by atoms with E-state index in [-0.39, 0.29) is 16.2 Å². The van der Waals surface area contributed by atoms with Crippen LogP contribution in [0.1, 0.15) is 102 Å². The third-order valence-corrected chi connectivity index (χ3v) is 10.4. The van der Waals surface area contributed by atoms with Crippen LogP contribution >= 0.6 is 0 Å². The van der Waals surface area contributed by atoms with E-state index in [0.717, 1.165) is 25.7 Å². The third kappa shape index (κ3) is 5.24. The minimum Gasteiger partial charge on any atom is -0.0642 e. The van der Waals surface area contributed by atoms with E-state index in [1.165, 1.54) is 55.6 Å². The van der Waals surface area contributed by atoms with Crippen molar-refractivity contribution in [1.29, 1.82) is 0 Å². The monoisotopic (exact) mass is 564 g/mol. The Morgan fingerprint density at radius 1 is 0.488 bits per heavy atom. The molecule has 0 radical (unpaired) electrons. The maximum absolute atomic E-state index is 2.56. The Bertz CT molecular complexity index is 1580. The first-order valence-electron chi connectivity index (χ1n) is 16.3. The smallest absolute Gasteiger partial charge is 0.0129 e. The average Bonchev–Trinajstić information content (AvgIpc) is 3.63. The fourth-order valence-corrected chi connectivity index (χ4v) is 7.52. The van der Waals surface area contributed by atoms with Crippen molar-refractivity contribution < 1.29 is 0 Å². The van der Waals surface area contributed by atoms with E-state index in [1.54, 1.807) is 11.1 Å². The van der Waals surface area contributed by atoms with Gasteiger partial charge in [-0.25, -0.2) is 0 Å². The van der Waals surface area contributed by atoms with Crippen molar-refractivity contribution in [1.82, 2.24) is 0 Å². The molecule has 0 saturated carbocycles. The SMILES string of the molecule is CCC(CC)(C1=Cc2c(cccc2-c2ccc(C(C)(C)C)cc2)C1)C1=Cc2c(cccc2-c2ccc(C(C)(C)C)cc2)C1. The van der Waals surface area contributed by atoms with Gasteiger partial charge in [0, 0.05) is 5.41 Å². The first-order valence-corrected chi connectivity index (χ1v) is 16.3. The minimum absolute atomic E-state index is 0.0682. The molecule has 0 fully saturated rings. The number of allylic oxidation sites excluding steroid dienone is 2. The van der Waals surface area contributed by atoms with Crippen LogP contribution in [0.3, 0.4) is 0 Å². The zero-order chi connectivity index (χ0) is 30.6. The van der Waals surface area contributed by atoms with Gasteiger partial charge in [0.15, 0.2) is 0 Å². The highest BCUT2D eigenvalue weighted by Crippen LogP contribution is 2.52. The molecule has 0 heteroatoms. The quantitative estimate of drug-likeness (QED) is 0.218. The largest absolute Gasteiger partial charge is 0.0642 e. The molecular formula is C43H48. The van der Waals surface area contributed by atoms with Gasteiger partial charge in [-0.3, -0.25) is 0 Å². The Hall–Kier alpha value is -3.64. The molecule has 0 aliphatic heterocycles. The van der Waals surface area contributed by atoms with Gasteiger partial charge in [-0.1, -0.05) is 164 Å². The standard InChI is InChI=1S/C43H48/c1-9-43(10-2,35-25-31-13-11-15-37(39(31)27-35)29-17-21-33(22-18-29)41(3,4)5)36-26-32-14-12-16-38(40(32)28-36)30-19-23-34(24-20-30)42(6,7)8/h11-24,27-28H,9-10,25-26H2,1-8H3. The van der Waals surface area contributed by atoms with E-state index in [4.69, 9.17) is 0 Å². The van der Waals surface area contributed by atoms with Gasteiger partial charge < -0.3 is 0 Å². The summed E-state index contributed by atoms with van der Waals surface area (Å²) in [5.74, 6) is 0. The minimum atomic E-state index is 0.0682. The molecule has 43 heavy (non-hydrogen) atoms. The first-order chi connectivity index (χ1) is 20.4. The van der Waals surface area contributed by atoms with Crippen LogP contribution in [0.25, 0.3) is 34.4 Å². The summed E-state index contributed by atoms with van der Waals surface area (Å²) in [5.41, 5.74) is 17.4. The number of hydrogen-bond acceptors (Lipinski definition) is 0. The molecule has 4 aromatic carbocycles. The maximum atomic E-state index is 2.56. The fraction of sp³-hybridized carbons (Fsp3) is 0.349. The number of hydrogen-bond donors (Lipinski definition) is 0. The molecule has 2 aliphatic carbocycles. The van der Waals surface area contributed by atoms with E-state index in [1.807, 2.05) is 0 Å². The van der Waals surface area contributed by atoms with Gasteiger partial charge in [0.25, 0.3) is 0 Å². The van der Waals surface area contributed by atoms with Crippen LogP contribution in [0.2, 0.25) is 0 Å². The first kappa shape index (κ1) is 29.4. The molecule has 220 valence electrons. The molecule has 0 atom stereocenters. The predicted octanol–water partition coefficient (Wildman–Crippen LogP) is 12.0. The lowest BCUT2D eigenvalue weighted by molar-refractivity contribution is 0.390. The molecule has 0 saturated heterocycles. The second kappa shape index (κ2) is 10.8. The molecule has 0 bridgehead atoms. The molecule has 6 rings (SSSR count). The molecule has 0 amide bonds. The third-order valence-electron chi connectivity index (χ3n) is 10.4. The van der Waals surface area contributed by atoms with Gasteiger partial charge in [0.2, 0.25) is 0 Å². The predicted molar refractivity (Wildman–Crippen MR) is 188 cm³/mol. The molecule has 0 spiro atoms. The summed E-state index contributed by atoms with van der Waals surface area (Å²) in [4.78, 5) is 0. The van der Waals surface area contributed by atoms with Gasteiger partial charge in [-0.15, -0.1) is 0 Å². The van der Waals surface area contributed by atoms with Gasteiger partial charge >= 0.3 is 0 Å². The van der Waals surface area contributed by atoms with Crippen LogP contribution in [0, 0.1) is 5.41 Å². The van der Waals surface area contributed by atoms with Crippen molar-refractivity contribution in [3.05, 3.63) is 129 Å². The fourth-order valence-electron chi connectivity index (χ4n) is 7.52. The van der Waals surface area contributed by atoms with Crippen LogP contribution in [0.4, 0.5) is 0 Å². The summed E-state index contributed by atoms with van der Waals surface area (Å²) in [7, 11) is 0. The molecule has 2 aliphatic rings. The molecule has 0 unspecified atom stereocenters. The Balaban J connectivity index is 1.37. The zero-order valence-corrected chi connectivity index (χ0v) is 27.6. The summed E-state index contributed by atoms with van der Waals surface area (Å²) < 4.78 is 0. The number of rotatable bonds is 6. The highest BCUT2D eigenvalue weighted by molar-refractivity contribution is 5.84. The summed E-state index contributed by atoms with van der Waals surface area (Å²) >= 11 is 0. The lowest BCUT2D eigenvalue weighted by Gasteiger charge is -2.35. The normalized spacial score (nSPS) is 14.8. The van der Waals surface area contributed by atoms with E-state index < -0.39 is 0 Å². The van der Waals surface area contributed by atoms with Gasteiger partial charge in [0.05, 0.1) is 0 Å². The molecule has 0 N–H and O–H groups in total. The van der Waals surface area contributed by atoms with Crippen LogP contribution in [0.15, 0.2) is 96.1 Å². The van der Waals surface area contributed by atoms with Gasteiger partial charge in [-0.2, -0.15) is 0 Å². The van der Waals surface area contributed by atoms with Crippen LogP contribution in [-0.4, -0.2) is 0 Å². The van der Waals surface area contributed by atoms with Crippen LogP contribution < -0.4 is 0 Å². The Labute approximate surface area is 260 Å². The van der Waals surface area contributed by atoms with E-state index in [9.17, 15) is 0 Å². The van der Waals surface area contributed by atoms with Crippen LogP contribution in [-0.2, 0) is 23.7 Å². The van der Waals surface area contributed by atoms with Gasteiger partial charge in [0.1, 0.15) is 0 Å². The van der Waals surface area contributed by atoms with Gasteiger partial charge in [-0.05, 0) is 92.1 Å². The second-order valence-electron chi connectivity index (χ2n) is 14.9. The highest BCUT2D eigenvalue weighted by Gasteiger charge is 2.39. The summed E-state index contributed by atoms with van der Waals surface area (Å²) in [6, 6.07) is 32.3. The molecule has 0 heterocycles. The Morgan fingerprint density at radius 2 is 0.860 bits per heavy atom. The molecular weight excluding hydrogens is 516 g/mol. The Morgan fingerprint density at radius 3 is 1.19 bits per heavy atom. The van der Waals surface area contributed by atoms with E-state index in [0.29, 0.717) is 0 Å². The van der Waals surface area contributed by atoms with Crippen molar-refractivity contribution in [2.45, 2.75) is 91.9 Å². The van der Waals surface area contributed by atoms with Crippen molar-refractivity contribution in [3.8, 4) is 22.3 Å². The summed E-state index contributed by atoms with van der Waals surface area (Å²) in [6.07, 6.45) is 9.44. The Kier molecular flexibility index (Phi) is 7.40. The average molecular weight is 565 g/mol. The topological polar surface area (TPSA) is 0 Å². The molecule has 0 nitrogen and oxygen atoms in total. The summed E-state index contributed by atoms with van der Waals surface area (Å²) in [5, 5.41) is 0. The van der Waals surface area contributed by atoms with E-state index >= 15 is 0 Å².